The first kappa shape index (κ1) is 20.4. The molecule has 2 aromatic rings. The van der Waals surface area contributed by atoms with E-state index < -0.39 is 0 Å². The van der Waals surface area contributed by atoms with Crippen molar-refractivity contribution in [3.8, 4) is 5.75 Å². The number of hydrogen-bond donors (Lipinski definition) is 1. The predicted octanol–water partition coefficient (Wildman–Crippen LogP) is 4.95. The summed E-state index contributed by atoms with van der Waals surface area (Å²) in [4.78, 5) is 7.47. The van der Waals surface area contributed by atoms with Gasteiger partial charge in [0.15, 0.2) is 0 Å². The van der Waals surface area contributed by atoms with Crippen LogP contribution in [0, 0.1) is 6.92 Å². The molecule has 29 heavy (non-hydrogen) atoms. The summed E-state index contributed by atoms with van der Waals surface area (Å²) in [7, 11) is 1.93. The SMILES string of the molecule is CNc1nc2cc(OCCCN3CCCC3)c(C)cc2c2c1C(C)(C)OC2(C)C. The second-order valence-corrected chi connectivity index (χ2v) is 9.47. The van der Waals surface area contributed by atoms with Gasteiger partial charge in [0, 0.05) is 36.2 Å². The van der Waals surface area contributed by atoms with Gasteiger partial charge in [0.1, 0.15) is 11.6 Å². The summed E-state index contributed by atoms with van der Waals surface area (Å²) in [6, 6.07) is 4.33. The fourth-order valence-electron chi connectivity index (χ4n) is 5.16. The second kappa shape index (κ2) is 7.44. The van der Waals surface area contributed by atoms with Crippen molar-refractivity contribution in [2.75, 3.05) is 38.6 Å². The van der Waals surface area contributed by atoms with E-state index >= 15 is 0 Å². The molecule has 0 unspecified atom stereocenters. The topological polar surface area (TPSA) is 46.6 Å². The Morgan fingerprint density at radius 3 is 2.48 bits per heavy atom. The van der Waals surface area contributed by atoms with Crippen LogP contribution in [0.3, 0.4) is 0 Å². The third-order valence-electron chi connectivity index (χ3n) is 6.31. The van der Waals surface area contributed by atoms with Crippen LogP contribution >= 0.6 is 0 Å². The number of likely N-dealkylation sites (tertiary alicyclic amines) is 1. The van der Waals surface area contributed by atoms with Crippen LogP contribution in [0.25, 0.3) is 10.9 Å². The number of pyridine rings is 1. The van der Waals surface area contributed by atoms with Crippen LogP contribution in [0.4, 0.5) is 5.82 Å². The Bertz CT molecular complexity index is 914. The summed E-state index contributed by atoms with van der Waals surface area (Å²) in [5, 5.41) is 4.46. The normalized spacial score (nSPS) is 20.2. The van der Waals surface area contributed by atoms with Crippen molar-refractivity contribution < 1.29 is 9.47 Å². The van der Waals surface area contributed by atoms with Crippen molar-refractivity contribution in [1.29, 1.82) is 0 Å². The van der Waals surface area contributed by atoms with Gasteiger partial charge in [-0.1, -0.05) is 0 Å². The van der Waals surface area contributed by atoms with E-state index in [-0.39, 0.29) is 11.2 Å². The van der Waals surface area contributed by atoms with E-state index in [1.54, 1.807) is 0 Å². The van der Waals surface area contributed by atoms with E-state index in [0.29, 0.717) is 0 Å². The van der Waals surface area contributed by atoms with Crippen LogP contribution in [0.5, 0.6) is 5.75 Å². The molecule has 1 aromatic heterocycles. The number of benzene rings is 1. The molecule has 158 valence electrons. The van der Waals surface area contributed by atoms with E-state index in [9.17, 15) is 0 Å². The molecular weight excluding hydrogens is 362 g/mol. The first-order chi connectivity index (χ1) is 13.7. The Morgan fingerprint density at radius 2 is 1.79 bits per heavy atom. The van der Waals surface area contributed by atoms with Crippen molar-refractivity contribution >= 4 is 16.7 Å². The molecule has 2 aliphatic heterocycles. The van der Waals surface area contributed by atoms with Gasteiger partial charge in [0.25, 0.3) is 0 Å². The minimum absolute atomic E-state index is 0.365. The van der Waals surface area contributed by atoms with Gasteiger partial charge in [-0.15, -0.1) is 0 Å². The zero-order valence-corrected chi connectivity index (χ0v) is 18.8. The van der Waals surface area contributed by atoms with Crippen LogP contribution in [0.15, 0.2) is 12.1 Å². The molecule has 1 saturated heterocycles. The van der Waals surface area contributed by atoms with E-state index in [2.05, 4.69) is 57.0 Å². The van der Waals surface area contributed by atoms with Gasteiger partial charge in [0.05, 0.1) is 23.3 Å². The van der Waals surface area contributed by atoms with Gasteiger partial charge in [0.2, 0.25) is 0 Å². The highest BCUT2D eigenvalue weighted by atomic mass is 16.5. The molecule has 0 bridgehead atoms. The average Bonchev–Trinajstić information content (AvgIpc) is 3.22. The minimum atomic E-state index is -0.378. The van der Waals surface area contributed by atoms with E-state index in [1.807, 2.05) is 7.05 Å². The smallest absolute Gasteiger partial charge is 0.132 e. The fourth-order valence-corrected chi connectivity index (χ4v) is 5.16. The summed E-state index contributed by atoms with van der Waals surface area (Å²) in [6.07, 6.45) is 3.74. The number of anilines is 1. The lowest BCUT2D eigenvalue weighted by Crippen LogP contribution is -2.22. The van der Waals surface area contributed by atoms with Crippen LogP contribution in [-0.2, 0) is 15.9 Å². The Morgan fingerprint density at radius 1 is 1.10 bits per heavy atom. The molecular formula is C24H35N3O2. The van der Waals surface area contributed by atoms with Crippen molar-refractivity contribution in [3.05, 3.63) is 28.8 Å². The lowest BCUT2D eigenvalue weighted by atomic mass is 9.87. The van der Waals surface area contributed by atoms with Crippen molar-refractivity contribution in [3.63, 3.8) is 0 Å². The maximum absolute atomic E-state index is 6.44. The lowest BCUT2D eigenvalue weighted by molar-refractivity contribution is -0.104. The maximum atomic E-state index is 6.44. The van der Waals surface area contributed by atoms with Crippen LogP contribution in [0.2, 0.25) is 0 Å². The third-order valence-corrected chi connectivity index (χ3v) is 6.31. The van der Waals surface area contributed by atoms with Crippen LogP contribution in [0.1, 0.15) is 63.6 Å². The highest BCUT2D eigenvalue weighted by Gasteiger charge is 2.46. The first-order valence-electron chi connectivity index (χ1n) is 11.0. The highest BCUT2D eigenvalue weighted by Crippen LogP contribution is 2.52. The summed E-state index contributed by atoms with van der Waals surface area (Å²) in [6.45, 7) is 15.0. The highest BCUT2D eigenvalue weighted by molar-refractivity contribution is 5.90. The molecule has 0 saturated carbocycles. The van der Waals surface area contributed by atoms with Gasteiger partial charge in [-0.25, -0.2) is 4.98 Å². The zero-order chi connectivity index (χ0) is 20.8. The average molecular weight is 398 g/mol. The summed E-state index contributed by atoms with van der Waals surface area (Å²) in [5.41, 5.74) is 3.77. The number of nitrogens with one attached hydrogen (secondary N) is 1. The van der Waals surface area contributed by atoms with E-state index in [1.165, 1.54) is 31.5 Å². The van der Waals surface area contributed by atoms with E-state index in [4.69, 9.17) is 14.5 Å². The molecule has 1 N–H and O–H groups in total. The van der Waals surface area contributed by atoms with Gasteiger partial charge in [-0.2, -0.15) is 0 Å². The van der Waals surface area contributed by atoms with Crippen molar-refractivity contribution in [1.82, 2.24) is 9.88 Å². The number of aryl methyl sites for hydroxylation is 1. The van der Waals surface area contributed by atoms with E-state index in [0.717, 1.165) is 53.2 Å². The Kier molecular flexibility index (Phi) is 5.24. The summed E-state index contributed by atoms with van der Waals surface area (Å²) in [5.74, 6) is 1.83. The molecule has 1 fully saturated rings. The summed E-state index contributed by atoms with van der Waals surface area (Å²) >= 11 is 0. The number of fused-ring (bicyclic) bond motifs is 3. The fraction of sp³-hybridized carbons (Fsp3) is 0.625. The number of rotatable bonds is 6. The van der Waals surface area contributed by atoms with Crippen LogP contribution < -0.4 is 10.1 Å². The Labute approximate surface area is 174 Å². The molecule has 3 heterocycles. The molecule has 0 aliphatic carbocycles. The number of nitrogens with zero attached hydrogens (tertiary/aromatic N) is 2. The molecule has 0 amide bonds. The monoisotopic (exact) mass is 397 g/mol. The van der Waals surface area contributed by atoms with Crippen molar-refractivity contribution in [2.24, 2.45) is 0 Å². The molecule has 5 heteroatoms. The minimum Gasteiger partial charge on any atom is -0.493 e. The maximum Gasteiger partial charge on any atom is 0.132 e. The molecule has 0 atom stereocenters. The largest absolute Gasteiger partial charge is 0.493 e. The Hall–Kier alpha value is -1.85. The molecule has 0 radical (unpaired) electrons. The van der Waals surface area contributed by atoms with Gasteiger partial charge < -0.3 is 19.7 Å². The molecule has 0 spiro atoms. The lowest BCUT2D eigenvalue weighted by Gasteiger charge is -2.25. The third kappa shape index (κ3) is 3.71. The molecule has 2 aliphatic rings. The van der Waals surface area contributed by atoms with Crippen molar-refractivity contribution in [2.45, 2.75) is 65.1 Å². The summed E-state index contributed by atoms with van der Waals surface area (Å²) < 4.78 is 12.6. The first-order valence-corrected chi connectivity index (χ1v) is 11.0. The van der Waals surface area contributed by atoms with Gasteiger partial charge in [-0.3, -0.25) is 0 Å². The molecule has 1 aromatic carbocycles. The number of hydrogen-bond acceptors (Lipinski definition) is 5. The number of ether oxygens (including phenoxy) is 2. The number of aromatic nitrogens is 1. The zero-order valence-electron chi connectivity index (χ0n) is 18.8. The quantitative estimate of drug-likeness (QED) is 0.699. The van der Waals surface area contributed by atoms with Crippen LogP contribution in [-0.4, -0.2) is 43.2 Å². The van der Waals surface area contributed by atoms with Gasteiger partial charge >= 0.3 is 0 Å². The Balaban J connectivity index is 1.65. The molecule has 5 nitrogen and oxygen atoms in total. The van der Waals surface area contributed by atoms with Gasteiger partial charge in [-0.05, 0) is 78.6 Å². The predicted molar refractivity (Wildman–Crippen MR) is 119 cm³/mol. The second-order valence-electron chi connectivity index (χ2n) is 9.47. The molecule has 4 rings (SSSR count). The standard InChI is InChI=1S/C24H35N3O2/c1-16-14-17-18(15-19(16)28-13-9-12-27-10-7-8-11-27)26-22(25-6)21-20(17)23(2,3)29-24(21,4)5/h14-15H,7-13H2,1-6H3,(H,25,26).